The lowest BCUT2D eigenvalue weighted by Crippen LogP contribution is -2.48. The van der Waals surface area contributed by atoms with E-state index >= 15 is 0 Å². The summed E-state index contributed by atoms with van der Waals surface area (Å²) in [5.74, 6) is 0. The molecule has 0 atom stereocenters. The van der Waals surface area contributed by atoms with Crippen molar-refractivity contribution in [3.63, 3.8) is 0 Å². The second-order valence-corrected chi connectivity index (χ2v) is 5.70. The lowest BCUT2D eigenvalue weighted by Gasteiger charge is -2.35. The molecule has 0 saturated carbocycles. The van der Waals surface area contributed by atoms with Crippen LogP contribution in [0.4, 0.5) is 4.79 Å². The highest BCUT2D eigenvalue weighted by Crippen LogP contribution is 2.09. The monoisotopic (exact) mass is 289 g/mol. The number of amides is 1. The molecule has 21 heavy (non-hydrogen) atoms. The minimum Gasteiger partial charge on any atom is -0.448 e. The molecule has 2 aliphatic rings. The first kappa shape index (κ1) is 14.4. The van der Waals surface area contributed by atoms with Crippen molar-refractivity contribution in [2.45, 2.75) is 6.54 Å². The number of ether oxygens (including phenoxy) is 1. The first-order valence-electron chi connectivity index (χ1n) is 7.71. The standard InChI is InChI=1S/C16H23N3O2/c20-16-19(12-13-21-16)11-10-17-6-8-18(9-7-17)14-15-4-2-1-3-5-15/h1-5H,6-14H2. The van der Waals surface area contributed by atoms with Crippen molar-refractivity contribution in [2.24, 2.45) is 0 Å². The van der Waals surface area contributed by atoms with Crippen LogP contribution in [0.5, 0.6) is 0 Å². The number of benzene rings is 1. The van der Waals surface area contributed by atoms with E-state index < -0.39 is 0 Å². The SMILES string of the molecule is O=C1OCCN1CCN1CCN(Cc2ccccc2)CC1. The molecule has 1 aromatic carbocycles. The molecule has 1 amide bonds. The van der Waals surface area contributed by atoms with Crippen molar-refractivity contribution < 1.29 is 9.53 Å². The van der Waals surface area contributed by atoms with E-state index in [2.05, 4.69) is 40.1 Å². The topological polar surface area (TPSA) is 36.0 Å². The molecule has 0 N–H and O–H groups in total. The zero-order valence-corrected chi connectivity index (χ0v) is 12.4. The van der Waals surface area contributed by atoms with Crippen LogP contribution in [0, 0.1) is 0 Å². The van der Waals surface area contributed by atoms with E-state index in [1.807, 2.05) is 0 Å². The van der Waals surface area contributed by atoms with Crippen LogP contribution in [0.2, 0.25) is 0 Å². The first-order valence-corrected chi connectivity index (χ1v) is 7.71. The van der Waals surface area contributed by atoms with E-state index in [1.165, 1.54) is 5.56 Å². The van der Waals surface area contributed by atoms with Crippen LogP contribution >= 0.6 is 0 Å². The van der Waals surface area contributed by atoms with Gasteiger partial charge in [0.2, 0.25) is 0 Å². The van der Waals surface area contributed by atoms with Gasteiger partial charge < -0.3 is 9.64 Å². The Labute approximate surface area is 126 Å². The van der Waals surface area contributed by atoms with Crippen LogP contribution in [-0.4, -0.2) is 73.2 Å². The van der Waals surface area contributed by atoms with Crippen LogP contribution in [0.3, 0.4) is 0 Å². The molecule has 5 nitrogen and oxygen atoms in total. The van der Waals surface area contributed by atoms with E-state index in [0.717, 1.165) is 52.4 Å². The van der Waals surface area contributed by atoms with Gasteiger partial charge in [0.15, 0.2) is 0 Å². The van der Waals surface area contributed by atoms with Crippen LogP contribution in [0.1, 0.15) is 5.56 Å². The van der Waals surface area contributed by atoms with E-state index in [-0.39, 0.29) is 6.09 Å². The zero-order chi connectivity index (χ0) is 14.5. The lowest BCUT2D eigenvalue weighted by molar-refractivity contribution is 0.116. The average molecular weight is 289 g/mol. The number of nitrogens with zero attached hydrogens (tertiary/aromatic N) is 3. The van der Waals surface area contributed by atoms with Crippen molar-refractivity contribution in [2.75, 3.05) is 52.4 Å². The molecular weight excluding hydrogens is 266 g/mol. The summed E-state index contributed by atoms with van der Waals surface area (Å²) in [5, 5.41) is 0. The molecule has 2 aliphatic heterocycles. The zero-order valence-electron chi connectivity index (χ0n) is 12.4. The Bertz CT molecular complexity index is 458. The lowest BCUT2D eigenvalue weighted by atomic mass is 10.2. The highest BCUT2D eigenvalue weighted by atomic mass is 16.6. The number of cyclic esters (lactones) is 1. The van der Waals surface area contributed by atoms with Gasteiger partial charge in [-0.1, -0.05) is 30.3 Å². The Morgan fingerprint density at radius 2 is 1.62 bits per heavy atom. The van der Waals surface area contributed by atoms with Crippen LogP contribution in [0.15, 0.2) is 30.3 Å². The smallest absolute Gasteiger partial charge is 0.409 e. The largest absolute Gasteiger partial charge is 0.448 e. The molecule has 2 saturated heterocycles. The minimum absolute atomic E-state index is 0.155. The maximum atomic E-state index is 11.4. The van der Waals surface area contributed by atoms with Crippen molar-refractivity contribution >= 4 is 6.09 Å². The van der Waals surface area contributed by atoms with E-state index in [9.17, 15) is 4.79 Å². The summed E-state index contributed by atoms with van der Waals surface area (Å²) >= 11 is 0. The van der Waals surface area contributed by atoms with Gasteiger partial charge in [-0.2, -0.15) is 0 Å². The van der Waals surface area contributed by atoms with Gasteiger partial charge in [0.1, 0.15) is 6.61 Å². The van der Waals surface area contributed by atoms with Gasteiger partial charge in [0, 0.05) is 45.8 Å². The van der Waals surface area contributed by atoms with Crippen molar-refractivity contribution in [1.82, 2.24) is 14.7 Å². The number of hydrogen-bond donors (Lipinski definition) is 0. The molecular formula is C16H23N3O2. The van der Waals surface area contributed by atoms with Gasteiger partial charge in [-0.3, -0.25) is 9.80 Å². The Balaban J connectivity index is 1.38. The summed E-state index contributed by atoms with van der Waals surface area (Å²) in [6.45, 7) is 8.42. The maximum Gasteiger partial charge on any atom is 0.409 e. The maximum absolute atomic E-state index is 11.4. The molecule has 0 aliphatic carbocycles. The molecule has 0 bridgehead atoms. The second kappa shape index (κ2) is 6.91. The summed E-state index contributed by atoms with van der Waals surface area (Å²) < 4.78 is 4.95. The van der Waals surface area contributed by atoms with E-state index in [4.69, 9.17) is 4.74 Å². The Hall–Kier alpha value is -1.59. The number of rotatable bonds is 5. The summed E-state index contributed by atoms with van der Waals surface area (Å²) in [7, 11) is 0. The van der Waals surface area contributed by atoms with E-state index in [0.29, 0.717) is 6.61 Å². The summed E-state index contributed by atoms with van der Waals surface area (Å²) in [5.41, 5.74) is 1.38. The Morgan fingerprint density at radius 3 is 2.29 bits per heavy atom. The molecule has 2 heterocycles. The number of carbonyl (C=O) groups is 1. The predicted molar refractivity (Wildman–Crippen MR) is 81.1 cm³/mol. The fraction of sp³-hybridized carbons (Fsp3) is 0.562. The molecule has 114 valence electrons. The molecule has 0 unspecified atom stereocenters. The van der Waals surface area contributed by atoms with Gasteiger partial charge in [0.05, 0.1) is 6.54 Å². The Kier molecular flexibility index (Phi) is 4.72. The van der Waals surface area contributed by atoms with Crippen molar-refractivity contribution in [1.29, 1.82) is 0 Å². The summed E-state index contributed by atoms with van der Waals surface area (Å²) in [6.07, 6.45) is -0.155. The number of hydrogen-bond acceptors (Lipinski definition) is 4. The third kappa shape index (κ3) is 3.95. The first-order chi connectivity index (χ1) is 10.3. The number of piperazine rings is 1. The van der Waals surface area contributed by atoms with Crippen molar-refractivity contribution in [3.8, 4) is 0 Å². The van der Waals surface area contributed by atoms with Crippen LogP contribution < -0.4 is 0 Å². The molecule has 2 fully saturated rings. The summed E-state index contributed by atoms with van der Waals surface area (Å²) in [4.78, 5) is 18.1. The third-order valence-corrected chi connectivity index (χ3v) is 4.25. The normalized spacial score (nSPS) is 20.8. The van der Waals surface area contributed by atoms with Gasteiger partial charge in [0.25, 0.3) is 0 Å². The molecule has 1 aromatic rings. The van der Waals surface area contributed by atoms with Crippen LogP contribution in [-0.2, 0) is 11.3 Å². The number of carbonyl (C=O) groups excluding carboxylic acids is 1. The Morgan fingerprint density at radius 1 is 0.905 bits per heavy atom. The molecule has 0 radical (unpaired) electrons. The highest BCUT2D eigenvalue weighted by molar-refractivity contribution is 5.69. The average Bonchev–Trinajstić information content (AvgIpc) is 2.93. The highest BCUT2D eigenvalue weighted by Gasteiger charge is 2.23. The quantitative estimate of drug-likeness (QED) is 0.817. The third-order valence-electron chi connectivity index (χ3n) is 4.25. The fourth-order valence-corrected chi connectivity index (χ4v) is 2.90. The van der Waals surface area contributed by atoms with E-state index in [1.54, 1.807) is 4.90 Å². The predicted octanol–water partition coefficient (Wildman–Crippen LogP) is 1.26. The van der Waals surface area contributed by atoms with Gasteiger partial charge in [-0.25, -0.2) is 4.79 Å². The van der Waals surface area contributed by atoms with Crippen LogP contribution in [0.25, 0.3) is 0 Å². The van der Waals surface area contributed by atoms with Gasteiger partial charge in [-0.15, -0.1) is 0 Å². The molecule has 0 aromatic heterocycles. The van der Waals surface area contributed by atoms with Crippen molar-refractivity contribution in [3.05, 3.63) is 35.9 Å². The molecule has 3 rings (SSSR count). The summed E-state index contributed by atoms with van der Waals surface area (Å²) in [6, 6.07) is 10.6. The molecule has 0 spiro atoms. The minimum atomic E-state index is -0.155. The van der Waals surface area contributed by atoms with Gasteiger partial charge in [-0.05, 0) is 5.56 Å². The molecule has 5 heteroatoms. The van der Waals surface area contributed by atoms with Gasteiger partial charge >= 0.3 is 6.09 Å². The second-order valence-electron chi connectivity index (χ2n) is 5.70. The fourth-order valence-electron chi connectivity index (χ4n) is 2.90.